The van der Waals surface area contributed by atoms with E-state index in [9.17, 15) is 0 Å². The summed E-state index contributed by atoms with van der Waals surface area (Å²) >= 11 is 1.86. The van der Waals surface area contributed by atoms with Gasteiger partial charge >= 0.3 is 0 Å². The Hall–Kier alpha value is -6.88. The van der Waals surface area contributed by atoms with Gasteiger partial charge in [-0.05, 0) is 64.0 Å². The van der Waals surface area contributed by atoms with Crippen LogP contribution < -0.4 is 0 Å². The lowest BCUT2D eigenvalue weighted by Gasteiger charge is -2.15. The van der Waals surface area contributed by atoms with Gasteiger partial charge in [0.1, 0.15) is 0 Å². The van der Waals surface area contributed by atoms with E-state index < -0.39 is 0 Å². The molecule has 0 aliphatic carbocycles. The first kappa shape index (κ1) is 30.7. The molecule has 0 aliphatic rings. The van der Waals surface area contributed by atoms with Crippen LogP contribution in [0.1, 0.15) is 0 Å². The molecule has 0 aliphatic heterocycles. The number of thiophene rings is 1. The molecular weight excluding hydrogens is 675 g/mol. The maximum atomic E-state index is 5.55. The highest BCUT2D eigenvalue weighted by Crippen LogP contribution is 2.47. The molecule has 4 heteroatoms. The van der Waals surface area contributed by atoms with Gasteiger partial charge in [0.05, 0.1) is 22.4 Å². The van der Waals surface area contributed by atoms with Gasteiger partial charge in [0.2, 0.25) is 5.95 Å². The van der Waals surface area contributed by atoms with Gasteiger partial charge in [0, 0.05) is 47.5 Å². The Morgan fingerprint density at radius 1 is 0.370 bits per heavy atom. The molecule has 0 fully saturated rings. The SMILES string of the molecule is c1ccc(-c2cc(-c3ccccc3)cc(-c3cc(-c4ccccc4)nc(-n4c5ccccc5c5c6ccccc6c6sc7ccccc7c6c54)n3)c2)cc1. The molecule has 3 heterocycles. The quantitative estimate of drug-likeness (QED) is 0.178. The third-order valence-corrected chi connectivity index (χ3v) is 11.8. The van der Waals surface area contributed by atoms with Crippen molar-refractivity contribution in [1.82, 2.24) is 14.5 Å². The minimum absolute atomic E-state index is 0.649. The normalized spacial score (nSPS) is 11.7. The van der Waals surface area contributed by atoms with Crippen molar-refractivity contribution in [2.75, 3.05) is 0 Å². The first-order chi connectivity index (χ1) is 26.8. The molecule has 0 atom stereocenters. The van der Waals surface area contributed by atoms with Crippen molar-refractivity contribution in [1.29, 1.82) is 0 Å². The van der Waals surface area contributed by atoms with E-state index in [0.29, 0.717) is 5.95 Å². The lowest BCUT2D eigenvalue weighted by atomic mass is 9.94. The number of rotatable bonds is 5. The van der Waals surface area contributed by atoms with E-state index >= 15 is 0 Å². The second kappa shape index (κ2) is 12.4. The molecule has 8 aromatic carbocycles. The summed E-state index contributed by atoms with van der Waals surface area (Å²) in [6.07, 6.45) is 0. The zero-order valence-corrected chi connectivity index (χ0v) is 30.0. The molecule has 11 rings (SSSR count). The number of para-hydroxylation sites is 1. The fourth-order valence-corrected chi connectivity index (χ4v) is 9.38. The number of benzene rings is 8. The Balaban J connectivity index is 1.28. The molecule has 0 spiro atoms. The summed E-state index contributed by atoms with van der Waals surface area (Å²) < 4.78 is 4.88. The van der Waals surface area contributed by atoms with Crippen LogP contribution in [0, 0.1) is 0 Å². The fourth-order valence-electron chi connectivity index (χ4n) is 8.14. The van der Waals surface area contributed by atoms with Crippen molar-refractivity contribution in [3.8, 4) is 50.7 Å². The second-order valence-electron chi connectivity index (χ2n) is 13.8. The number of hydrogen-bond acceptors (Lipinski definition) is 3. The van der Waals surface area contributed by atoms with Crippen LogP contribution in [0.5, 0.6) is 0 Å². The van der Waals surface area contributed by atoms with Crippen LogP contribution >= 0.6 is 11.3 Å². The van der Waals surface area contributed by atoms with Crippen molar-refractivity contribution in [3.05, 3.63) is 188 Å². The topological polar surface area (TPSA) is 30.7 Å². The highest BCUT2D eigenvalue weighted by Gasteiger charge is 2.24. The average Bonchev–Trinajstić information content (AvgIpc) is 3.81. The van der Waals surface area contributed by atoms with E-state index in [1.54, 1.807) is 0 Å². The number of nitrogens with zero attached hydrogens (tertiary/aromatic N) is 3. The fraction of sp³-hybridized carbons (Fsp3) is 0. The number of fused-ring (bicyclic) bond motifs is 10. The van der Waals surface area contributed by atoms with Crippen LogP contribution in [-0.4, -0.2) is 14.5 Å². The summed E-state index contributed by atoms with van der Waals surface area (Å²) in [5.41, 5.74) is 10.7. The maximum Gasteiger partial charge on any atom is 0.235 e. The van der Waals surface area contributed by atoms with Crippen LogP contribution in [0.15, 0.2) is 188 Å². The standard InChI is InChI=1S/C50H31N3S/c1-4-16-32(17-5-1)35-28-36(33-18-6-2-7-19-33)30-37(29-35)43-31-42(34-20-8-3-9-21-34)51-50(52-43)53-44-26-14-12-24-40(44)46-38-22-10-11-23-39(38)49-47(48(46)53)41-25-13-15-27-45(41)54-49/h1-31H. The van der Waals surface area contributed by atoms with Crippen molar-refractivity contribution in [3.63, 3.8) is 0 Å². The zero-order valence-electron chi connectivity index (χ0n) is 29.1. The maximum absolute atomic E-state index is 5.55. The summed E-state index contributed by atoms with van der Waals surface area (Å²) in [5.74, 6) is 0.649. The molecule has 0 radical (unpaired) electrons. The summed E-state index contributed by atoms with van der Waals surface area (Å²) in [6, 6.07) is 67.0. The predicted molar refractivity (Wildman–Crippen MR) is 229 cm³/mol. The third-order valence-electron chi connectivity index (χ3n) is 10.6. The lowest BCUT2D eigenvalue weighted by Crippen LogP contribution is -2.04. The highest BCUT2D eigenvalue weighted by atomic mass is 32.1. The van der Waals surface area contributed by atoms with E-state index in [0.717, 1.165) is 55.8 Å². The van der Waals surface area contributed by atoms with Gasteiger partial charge in [-0.1, -0.05) is 152 Å². The largest absolute Gasteiger partial charge is 0.277 e. The van der Waals surface area contributed by atoms with Gasteiger partial charge in [-0.2, -0.15) is 0 Å². The van der Waals surface area contributed by atoms with E-state index in [4.69, 9.17) is 9.97 Å². The van der Waals surface area contributed by atoms with Crippen molar-refractivity contribution < 1.29 is 0 Å². The molecule has 54 heavy (non-hydrogen) atoms. The van der Waals surface area contributed by atoms with E-state index in [2.05, 4.69) is 193 Å². The summed E-state index contributed by atoms with van der Waals surface area (Å²) in [7, 11) is 0. The van der Waals surface area contributed by atoms with Gasteiger partial charge < -0.3 is 0 Å². The minimum Gasteiger partial charge on any atom is -0.277 e. The molecule has 0 amide bonds. The molecule has 0 bridgehead atoms. The number of hydrogen-bond donors (Lipinski definition) is 0. The van der Waals surface area contributed by atoms with Gasteiger partial charge in [0.25, 0.3) is 0 Å². The van der Waals surface area contributed by atoms with Gasteiger partial charge in [0.15, 0.2) is 0 Å². The molecule has 3 aromatic heterocycles. The van der Waals surface area contributed by atoms with Crippen molar-refractivity contribution >= 4 is 64.1 Å². The molecule has 3 nitrogen and oxygen atoms in total. The Labute approximate surface area is 316 Å². The Morgan fingerprint density at radius 2 is 0.870 bits per heavy atom. The summed E-state index contributed by atoms with van der Waals surface area (Å²) in [6.45, 7) is 0. The van der Waals surface area contributed by atoms with E-state index in [1.807, 2.05) is 11.3 Å². The Bertz CT molecular complexity index is 3140. The zero-order chi connectivity index (χ0) is 35.6. The van der Waals surface area contributed by atoms with Crippen molar-refractivity contribution in [2.45, 2.75) is 0 Å². The second-order valence-corrected chi connectivity index (χ2v) is 14.8. The lowest BCUT2D eigenvalue weighted by molar-refractivity contribution is 0.998. The molecule has 0 unspecified atom stereocenters. The van der Waals surface area contributed by atoms with Crippen LogP contribution in [0.4, 0.5) is 0 Å². The van der Waals surface area contributed by atoms with Crippen LogP contribution in [0.3, 0.4) is 0 Å². The molecule has 0 N–H and O–H groups in total. The Morgan fingerprint density at radius 3 is 1.54 bits per heavy atom. The molecule has 11 aromatic rings. The monoisotopic (exact) mass is 705 g/mol. The molecular formula is C50H31N3S. The van der Waals surface area contributed by atoms with Gasteiger partial charge in [-0.3, -0.25) is 4.57 Å². The minimum atomic E-state index is 0.649. The third kappa shape index (κ3) is 4.88. The average molecular weight is 706 g/mol. The Kier molecular flexibility index (Phi) is 7.04. The van der Waals surface area contributed by atoms with E-state index in [1.165, 1.54) is 41.7 Å². The molecule has 252 valence electrons. The van der Waals surface area contributed by atoms with E-state index in [-0.39, 0.29) is 0 Å². The van der Waals surface area contributed by atoms with Crippen LogP contribution in [0.25, 0.3) is 103 Å². The predicted octanol–water partition coefficient (Wildman–Crippen LogP) is 13.8. The first-order valence-corrected chi connectivity index (χ1v) is 19.1. The molecule has 0 saturated carbocycles. The summed E-state index contributed by atoms with van der Waals surface area (Å²) in [5, 5.41) is 7.42. The first-order valence-electron chi connectivity index (χ1n) is 18.2. The van der Waals surface area contributed by atoms with Gasteiger partial charge in [-0.25, -0.2) is 9.97 Å². The van der Waals surface area contributed by atoms with Crippen LogP contribution in [-0.2, 0) is 0 Å². The van der Waals surface area contributed by atoms with Crippen LogP contribution in [0.2, 0.25) is 0 Å². The van der Waals surface area contributed by atoms with Crippen molar-refractivity contribution in [2.24, 2.45) is 0 Å². The van der Waals surface area contributed by atoms with Gasteiger partial charge in [-0.15, -0.1) is 11.3 Å². The summed E-state index contributed by atoms with van der Waals surface area (Å²) in [4.78, 5) is 11.0. The number of aromatic nitrogens is 3. The highest BCUT2D eigenvalue weighted by molar-refractivity contribution is 7.27. The molecule has 0 saturated heterocycles. The smallest absolute Gasteiger partial charge is 0.235 e.